The molecule has 131 valence electrons. The van der Waals surface area contributed by atoms with Crippen LogP contribution in [0.2, 0.25) is 0 Å². The minimum absolute atomic E-state index is 0.276. The van der Waals surface area contributed by atoms with Crippen LogP contribution in [0.4, 0.5) is 0 Å². The van der Waals surface area contributed by atoms with E-state index < -0.39 is 9.28 Å². The Morgan fingerprint density at radius 3 is 2.17 bits per heavy atom. The average Bonchev–Trinajstić information content (AvgIpc) is 2.57. The zero-order valence-corrected chi connectivity index (χ0v) is 16.9. The van der Waals surface area contributed by atoms with Crippen LogP contribution in [0, 0.1) is 0 Å². The van der Waals surface area contributed by atoms with Crippen LogP contribution in [-0.4, -0.2) is 22.5 Å². The number of unbranched alkanes of at least 4 members (excludes halogenated alkanes) is 5. The van der Waals surface area contributed by atoms with Gasteiger partial charge >= 0.3 is 9.28 Å². The molecule has 0 amide bonds. The van der Waals surface area contributed by atoms with Crippen molar-refractivity contribution < 1.29 is 8.85 Å². The van der Waals surface area contributed by atoms with Crippen molar-refractivity contribution >= 4 is 27.1 Å². The molecular weight excluding hydrogens is 320 g/mol. The number of rotatable bonds is 13. The number of hydrogen-bond acceptors (Lipinski definition) is 3. The molecule has 2 nitrogen and oxygen atoms in total. The third-order valence-electron chi connectivity index (χ3n) is 3.92. The molecule has 1 atom stereocenters. The molecule has 0 bridgehead atoms. The van der Waals surface area contributed by atoms with Gasteiger partial charge in [0, 0.05) is 18.5 Å². The van der Waals surface area contributed by atoms with E-state index in [1.807, 2.05) is 13.8 Å². The first-order valence-electron chi connectivity index (χ1n) is 9.14. The molecule has 23 heavy (non-hydrogen) atoms. The second kappa shape index (κ2) is 13.0. The van der Waals surface area contributed by atoms with Crippen molar-refractivity contribution in [1.82, 2.24) is 0 Å². The van der Waals surface area contributed by atoms with Crippen LogP contribution in [-0.2, 0) is 8.85 Å². The predicted octanol–water partition coefficient (Wildman–Crippen LogP) is 5.18. The van der Waals surface area contributed by atoms with Crippen LogP contribution < -0.4 is 5.19 Å². The van der Waals surface area contributed by atoms with Crippen molar-refractivity contribution in [2.45, 2.75) is 71.0 Å². The summed E-state index contributed by atoms with van der Waals surface area (Å²) in [5.74, 6) is 0. The quantitative estimate of drug-likeness (QED) is 0.299. The van der Waals surface area contributed by atoms with Crippen molar-refractivity contribution in [2.75, 3.05) is 13.2 Å². The van der Waals surface area contributed by atoms with Crippen molar-refractivity contribution in [2.24, 2.45) is 0 Å². The van der Waals surface area contributed by atoms with Crippen LogP contribution >= 0.6 is 12.6 Å². The molecule has 0 aliphatic carbocycles. The van der Waals surface area contributed by atoms with Gasteiger partial charge in [0.15, 0.2) is 0 Å². The lowest BCUT2D eigenvalue weighted by atomic mass is 10.0. The molecule has 0 heterocycles. The van der Waals surface area contributed by atoms with E-state index in [-0.39, 0.29) is 5.25 Å². The van der Waals surface area contributed by atoms with Gasteiger partial charge in [-0.2, -0.15) is 12.6 Å². The Balaban J connectivity index is 2.60. The summed E-state index contributed by atoms with van der Waals surface area (Å²) >= 11 is 4.87. The van der Waals surface area contributed by atoms with Gasteiger partial charge in [0.05, 0.1) is 0 Å². The minimum Gasteiger partial charge on any atom is -0.390 e. The largest absolute Gasteiger partial charge is 0.423 e. The van der Waals surface area contributed by atoms with Crippen LogP contribution in [0.15, 0.2) is 24.3 Å². The van der Waals surface area contributed by atoms with E-state index in [2.05, 4.69) is 31.2 Å². The molecule has 0 aromatic heterocycles. The molecule has 0 saturated heterocycles. The first-order valence-corrected chi connectivity index (χ1v) is 11.0. The van der Waals surface area contributed by atoms with E-state index in [0.29, 0.717) is 13.2 Å². The zero-order valence-electron chi connectivity index (χ0n) is 15.0. The topological polar surface area (TPSA) is 18.5 Å². The number of benzene rings is 1. The molecule has 1 aromatic rings. The van der Waals surface area contributed by atoms with Gasteiger partial charge in [-0.3, -0.25) is 0 Å². The fourth-order valence-electron chi connectivity index (χ4n) is 2.71. The predicted molar refractivity (Wildman–Crippen MR) is 105 cm³/mol. The summed E-state index contributed by atoms with van der Waals surface area (Å²) in [7, 11) is -1.39. The third kappa shape index (κ3) is 7.88. The molecule has 0 saturated carbocycles. The Morgan fingerprint density at radius 1 is 0.913 bits per heavy atom. The van der Waals surface area contributed by atoms with Gasteiger partial charge in [0.2, 0.25) is 0 Å². The summed E-state index contributed by atoms with van der Waals surface area (Å²) in [6, 6.07) is 8.51. The molecule has 1 radical (unpaired) electrons. The lowest BCUT2D eigenvalue weighted by molar-refractivity contribution is 0.225. The highest BCUT2D eigenvalue weighted by Crippen LogP contribution is 2.25. The minimum atomic E-state index is -1.39. The maximum absolute atomic E-state index is 5.87. The van der Waals surface area contributed by atoms with E-state index in [1.165, 1.54) is 49.3 Å². The summed E-state index contributed by atoms with van der Waals surface area (Å²) in [5, 5.41) is 1.51. The van der Waals surface area contributed by atoms with Gasteiger partial charge in [0.25, 0.3) is 0 Å². The fourth-order valence-corrected chi connectivity index (χ4v) is 4.88. The summed E-state index contributed by atoms with van der Waals surface area (Å²) < 4.78 is 11.7. The van der Waals surface area contributed by atoms with Gasteiger partial charge < -0.3 is 8.85 Å². The van der Waals surface area contributed by atoms with E-state index in [4.69, 9.17) is 21.5 Å². The molecule has 1 aromatic carbocycles. The van der Waals surface area contributed by atoms with E-state index >= 15 is 0 Å². The van der Waals surface area contributed by atoms with Crippen LogP contribution in [0.25, 0.3) is 0 Å². The lowest BCUT2D eigenvalue weighted by Gasteiger charge is -2.20. The number of thiol groups is 1. The first kappa shape index (κ1) is 20.8. The maximum atomic E-state index is 5.87. The molecule has 4 heteroatoms. The van der Waals surface area contributed by atoms with Gasteiger partial charge in [-0.1, -0.05) is 69.7 Å². The summed E-state index contributed by atoms with van der Waals surface area (Å²) in [6.45, 7) is 7.70. The summed E-state index contributed by atoms with van der Waals surface area (Å²) in [5.41, 5.74) is 1.29. The van der Waals surface area contributed by atoms with Gasteiger partial charge in [-0.25, -0.2) is 0 Å². The van der Waals surface area contributed by atoms with Crippen LogP contribution in [0.1, 0.15) is 76.5 Å². The Labute approximate surface area is 150 Å². The van der Waals surface area contributed by atoms with Crippen molar-refractivity contribution in [3.63, 3.8) is 0 Å². The number of hydrogen-bond donors (Lipinski definition) is 1. The second-order valence-electron chi connectivity index (χ2n) is 5.81. The van der Waals surface area contributed by atoms with E-state index in [9.17, 15) is 0 Å². The highest BCUT2D eigenvalue weighted by atomic mass is 32.1. The highest BCUT2D eigenvalue weighted by molar-refractivity contribution is 7.80. The Morgan fingerprint density at radius 2 is 1.52 bits per heavy atom. The highest BCUT2D eigenvalue weighted by Gasteiger charge is 2.23. The average molecular weight is 354 g/mol. The molecule has 1 unspecified atom stereocenters. The van der Waals surface area contributed by atoms with E-state index in [1.54, 1.807) is 0 Å². The molecule has 1 rings (SSSR count). The lowest BCUT2D eigenvalue weighted by Crippen LogP contribution is -2.39. The normalized spacial score (nSPS) is 12.7. The standard InChI is InChI=1S/C19H33O2SSi/c1-4-7-8-9-10-11-15-18(22)17-14-12-13-16-19(17)23(20-5-2)21-6-3/h12-14,16,18,22H,4-11,15H2,1-3H3. The smallest absolute Gasteiger partial charge is 0.390 e. The third-order valence-corrected chi connectivity index (χ3v) is 6.45. The molecule has 0 aliphatic rings. The van der Waals surface area contributed by atoms with Gasteiger partial charge in [0.1, 0.15) is 0 Å². The molecule has 0 N–H and O–H groups in total. The summed E-state index contributed by atoms with van der Waals surface area (Å²) in [4.78, 5) is 0. The zero-order chi connectivity index (χ0) is 16.9. The molecule has 0 spiro atoms. The van der Waals surface area contributed by atoms with Crippen LogP contribution in [0.5, 0.6) is 0 Å². The fraction of sp³-hybridized carbons (Fsp3) is 0.684. The van der Waals surface area contributed by atoms with Crippen molar-refractivity contribution in [3.05, 3.63) is 29.8 Å². The SMILES string of the molecule is CCCCCCCCC(S)c1ccccc1[Si](OCC)OCC. The summed E-state index contributed by atoms with van der Waals surface area (Å²) in [6.07, 6.45) is 9.07. The molecular formula is C19H33O2SSi. The van der Waals surface area contributed by atoms with Crippen molar-refractivity contribution in [1.29, 1.82) is 0 Å². The Bertz CT molecular complexity index is 408. The van der Waals surface area contributed by atoms with E-state index in [0.717, 1.165) is 6.42 Å². The molecule has 0 aliphatic heterocycles. The van der Waals surface area contributed by atoms with Gasteiger partial charge in [-0.15, -0.1) is 0 Å². The van der Waals surface area contributed by atoms with Crippen LogP contribution in [0.3, 0.4) is 0 Å². The maximum Gasteiger partial charge on any atom is 0.423 e. The monoisotopic (exact) mass is 353 g/mol. The second-order valence-corrected chi connectivity index (χ2v) is 8.13. The molecule has 0 fully saturated rings. The van der Waals surface area contributed by atoms with Gasteiger partial charge in [-0.05, 0) is 31.0 Å². The van der Waals surface area contributed by atoms with Crippen molar-refractivity contribution in [3.8, 4) is 0 Å². The Hall–Kier alpha value is -0.293. The first-order chi connectivity index (χ1) is 11.2. The Kier molecular flexibility index (Phi) is 11.8.